The molecule has 0 atom stereocenters. The predicted octanol–water partition coefficient (Wildman–Crippen LogP) is 3.03. The van der Waals surface area contributed by atoms with E-state index in [1.807, 2.05) is 11.6 Å². The summed E-state index contributed by atoms with van der Waals surface area (Å²) < 4.78 is 1.99. The second kappa shape index (κ2) is 8.78. The number of aryl methyl sites for hydroxylation is 3. The fraction of sp³-hybridized carbons (Fsp3) is 0.545. The smallest absolute Gasteiger partial charge is 0.314 e. The van der Waals surface area contributed by atoms with Crippen LogP contribution in [0.3, 0.4) is 0 Å². The molecule has 0 saturated heterocycles. The van der Waals surface area contributed by atoms with Gasteiger partial charge in [-0.15, -0.1) is 0 Å². The van der Waals surface area contributed by atoms with E-state index in [1.54, 1.807) is 0 Å². The number of hydrogen-bond acceptors (Lipinski definition) is 3. The molecule has 1 aliphatic rings. The first kappa shape index (κ1) is 20.4. The molecule has 2 heterocycles. The van der Waals surface area contributed by atoms with Gasteiger partial charge in [-0.2, -0.15) is 5.10 Å². The molecule has 0 aliphatic carbocycles. The molecule has 2 aromatic rings. The van der Waals surface area contributed by atoms with Crippen molar-refractivity contribution in [2.45, 2.75) is 59.2 Å². The fourth-order valence-corrected chi connectivity index (χ4v) is 3.82. The first-order valence-electron chi connectivity index (χ1n) is 10.2. The van der Waals surface area contributed by atoms with E-state index in [0.29, 0.717) is 13.1 Å². The van der Waals surface area contributed by atoms with Crippen LogP contribution in [0.5, 0.6) is 0 Å². The number of rotatable bonds is 7. The summed E-state index contributed by atoms with van der Waals surface area (Å²) in [7, 11) is 0. The molecule has 0 radical (unpaired) electrons. The normalized spacial score (nSPS) is 14.6. The van der Waals surface area contributed by atoms with Crippen LogP contribution in [0.15, 0.2) is 30.3 Å². The molecule has 1 aromatic heterocycles. The molecule has 1 aliphatic heterocycles. The number of carbonyl (C=O) groups is 1. The van der Waals surface area contributed by atoms with Crippen molar-refractivity contribution >= 4 is 6.03 Å². The molecule has 3 rings (SSSR count). The van der Waals surface area contributed by atoms with Crippen LogP contribution in [0, 0.1) is 13.8 Å². The number of aromatic nitrogens is 2. The van der Waals surface area contributed by atoms with Crippen molar-refractivity contribution in [1.29, 1.82) is 0 Å². The highest BCUT2D eigenvalue weighted by Crippen LogP contribution is 2.24. The number of fused-ring (bicyclic) bond motifs is 1. The summed E-state index contributed by atoms with van der Waals surface area (Å²) in [5.74, 6) is 0. The predicted molar refractivity (Wildman–Crippen MR) is 112 cm³/mol. The van der Waals surface area contributed by atoms with Gasteiger partial charge in [0.05, 0.1) is 5.69 Å². The van der Waals surface area contributed by atoms with E-state index < -0.39 is 0 Å². The van der Waals surface area contributed by atoms with Gasteiger partial charge in [0.15, 0.2) is 0 Å². The van der Waals surface area contributed by atoms with Crippen LogP contribution < -0.4 is 10.6 Å². The van der Waals surface area contributed by atoms with Crippen molar-refractivity contribution in [1.82, 2.24) is 25.3 Å². The number of nitrogens with zero attached hydrogens (tertiary/aromatic N) is 3. The molecular weight excluding hydrogens is 350 g/mol. The number of nitrogens with one attached hydrogen (secondary N) is 2. The van der Waals surface area contributed by atoms with E-state index in [2.05, 4.69) is 71.7 Å². The van der Waals surface area contributed by atoms with Gasteiger partial charge < -0.3 is 10.6 Å². The highest BCUT2D eigenvalue weighted by molar-refractivity contribution is 5.73. The largest absolute Gasteiger partial charge is 0.338 e. The number of benzene rings is 1. The van der Waals surface area contributed by atoms with E-state index in [1.165, 1.54) is 11.1 Å². The maximum absolute atomic E-state index is 12.2. The second-order valence-electron chi connectivity index (χ2n) is 8.37. The number of carbonyl (C=O) groups excluding carboxylic acids is 1. The molecule has 0 unspecified atom stereocenters. The Morgan fingerprint density at radius 3 is 2.64 bits per heavy atom. The molecular formula is C22H33N5O. The second-order valence-corrected chi connectivity index (χ2v) is 8.37. The Bertz CT molecular complexity index is 811. The highest BCUT2D eigenvalue weighted by atomic mass is 16.2. The molecule has 2 amide bonds. The summed E-state index contributed by atoms with van der Waals surface area (Å²) in [6.07, 6.45) is 1.93. The quantitative estimate of drug-likeness (QED) is 0.723. The molecule has 6 heteroatoms. The van der Waals surface area contributed by atoms with Crippen molar-refractivity contribution in [3.8, 4) is 0 Å². The highest BCUT2D eigenvalue weighted by Gasteiger charge is 2.29. The third-order valence-corrected chi connectivity index (χ3v) is 5.60. The first-order chi connectivity index (χ1) is 13.3. The number of amides is 2. The van der Waals surface area contributed by atoms with Gasteiger partial charge in [0, 0.05) is 44.0 Å². The Labute approximate surface area is 168 Å². The lowest BCUT2D eigenvalue weighted by atomic mass is 9.94. The van der Waals surface area contributed by atoms with Crippen molar-refractivity contribution in [2.24, 2.45) is 0 Å². The minimum Gasteiger partial charge on any atom is -0.338 e. The topological polar surface area (TPSA) is 62.2 Å². The van der Waals surface area contributed by atoms with Gasteiger partial charge in [-0.3, -0.25) is 9.58 Å². The van der Waals surface area contributed by atoms with Crippen LogP contribution in [0.1, 0.15) is 42.8 Å². The Balaban J connectivity index is 1.39. The van der Waals surface area contributed by atoms with Gasteiger partial charge in [-0.25, -0.2) is 4.79 Å². The number of urea groups is 1. The summed E-state index contributed by atoms with van der Waals surface area (Å²) in [6.45, 7) is 12.5. The summed E-state index contributed by atoms with van der Waals surface area (Å²) in [5, 5.41) is 10.5. The van der Waals surface area contributed by atoms with E-state index >= 15 is 0 Å². The lowest BCUT2D eigenvalue weighted by molar-refractivity contribution is 0.104. The van der Waals surface area contributed by atoms with Crippen LogP contribution >= 0.6 is 0 Å². The Morgan fingerprint density at radius 1 is 1.18 bits per heavy atom. The van der Waals surface area contributed by atoms with E-state index in [9.17, 15) is 4.79 Å². The van der Waals surface area contributed by atoms with Crippen LogP contribution in [0.25, 0.3) is 0 Å². The van der Waals surface area contributed by atoms with Gasteiger partial charge in [-0.1, -0.05) is 24.3 Å². The van der Waals surface area contributed by atoms with E-state index in [-0.39, 0.29) is 11.6 Å². The standard InChI is InChI=1S/C22H33N5O/c1-17-14-18(2)27(25-17)12-7-11-23-21(28)24-16-22(3,4)26-13-10-19-8-5-6-9-20(19)15-26/h5-6,8-9,14H,7,10-13,15-16H2,1-4H3,(H2,23,24,28). The Hall–Kier alpha value is -2.34. The molecule has 0 fully saturated rings. The van der Waals surface area contributed by atoms with Crippen molar-refractivity contribution in [3.63, 3.8) is 0 Å². The maximum atomic E-state index is 12.2. The summed E-state index contributed by atoms with van der Waals surface area (Å²) in [4.78, 5) is 14.6. The molecule has 1 aromatic carbocycles. The van der Waals surface area contributed by atoms with E-state index in [0.717, 1.165) is 43.9 Å². The Morgan fingerprint density at radius 2 is 1.93 bits per heavy atom. The molecule has 28 heavy (non-hydrogen) atoms. The molecule has 0 spiro atoms. The molecule has 2 N–H and O–H groups in total. The van der Waals surface area contributed by atoms with Crippen LogP contribution in [0.2, 0.25) is 0 Å². The third kappa shape index (κ3) is 5.13. The molecule has 0 saturated carbocycles. The third-order valence-electron chi connectivity index (χ3n) is 5.60. The maximum Gasteiger partial charge on any atom is 0.314 e. The van der Waals surface area contributed by atoms with Crippen molar-refractivity contribution in [2.75, 3.05) is 19.6 Å². The van der Waals surface area contributed by atoms with Crippen LogP contribution in [-0.2, 0) is 19.5 Å². The fourth-order valence-electron chi connectivity index (χ4n) is 3.82. The van der Waals surface area contributed by atoms with Crippen molar-refractivity contribution in [3.05, 3.63) is 52.8 Å². The zero-order chi connectivity index (χ0) is 20.1. The zero-order valence-electron chi connectivity index (χ0n) is 17.6. The SMILES string of the molecule is Cc1cc(C)n(CCCNC(=O)NCC(C)(C)N2CCc3ccccc3C2)n1. The van der Waals surface area contributed by atoms with E-state index in [4.69, 9.17) is 0 Å². The minimum absolute atomic E-state index is 0.0887. The first-order valence-corrected chi connectivity index (χ1v) is 10.2. The molecule has 152 valence electrons. The lowest BCUT2D eigenvalue weighted by Gasteiger charge is -2.41. The van der Waals surface area contributed by atoms with Gasteiger partial charge in [0.2, 0.25) is 0 Å². The van der Waals surface area contributed by atoms with Gasteiger partial charge in [0.25, 0.3) is 0 Å². The Kier molecular flexibility index (Phi) is 6.39. The number of hydrogen-bond donors (Lipinski definition) is 2. The zero-order valence-corrected chi connectivity index (χ0v) is 17.6. The molecule has 6 nitrogen and oxygen atoms in total. The van der Waals surface area contributed by atoms with Crippen LogP contribution in [-0.4, -0.2) is 45.9 Å². The lowest BCUT2D eigenvalue weighted by Crippen LogP contribution is -2.54. The van der Waals surface area contributed by atoms with Gasteiger partial charge in [-0.05, 0) is 57.7 Å². The minimum atomic E-state index is -0.0983. The average Bonchev–Trinajstić information content (AvgIpc) is 3.00. The summed E-state index contributed by atoms with van der Waals surface area (Å²) >= 11 is 0. The monoisotopic (exact) mass is 383 g/mol. The summed E-state index contributed by atoms with van der Waals surface area (Å²) in [6, 6.07) is 10.6. The van der Waals surface area contributed by atoms with Crippen LogP contribution in [0.4, 0.5) is 4.79 Å². The molecule has 0 bridgehead atoms. The van der Waals surface area contributed by atoms with Gasteiger partial charge >= 0.3 is 6.03 Å². The van der Waals surface area contributed by atoms with Gasteiger partial charge in [0.1, 0.15) is 0 Å². The summed E-state index contributed by atoms with van der Waals surface area (Å²) in [5.41, 5.74) is 4.95. The van der Waals surface area contributed by atoms with Crippen molar-refractivity contribution < 1.29 is 4.79 Å². The average molecular weight is 384 g/mol.